The first kappa shape index (κ1) is 16.9. The van der Waals surface area contributed by atoms with Crippen molar-refractivity contribution in [3.63, 3.8) is 0 Å². The maximum atomic E-state index is 13.0. The highest BCUT2D eigenvalue weighted by Gasteiger charge is 2.15. The van der Waals surface area contributed by atoms with E-state index in [1.807, 2.05) is 19.3 Å². The van der Waals surface area contributed by atoms with Gasteiger partial charge in [0.1, 0.15) is 5.82 Å². The second-order valence-corrected chi connectivity index (χ2v) is 3.79. The lowest BCUT2D eigenvalue weighted by Crippen LogP contribution is -2.21. The molecular formula is C12H15ClFN5O2. The first-order chi connectivity index (χ1) is 10.2. The monoisotopic (exact) mass is 315 g/mol. The predicted molar refractivity (Wildman–Crippen MR) is 77.7 cm³/mol. The quantitative estimate of drug-likeness (QED) is 0.458. The van der Waals surface area contributed by atoms with Gasteiger partial charge in [0.15, 0.2) is 11.5 Å². The Bertz CT molecular complexity index is 617. The van der Waals surface area contributed by atoms with Crippen molar-refractivity contribution in [1.82, 2.24) is 15.8 Å². The zero-order chi connectivity index (χ0) is 15.8. The number of rotatable bonds is 3. The second-order valence-electron chi connectivity index (χ2n) is 3.38. The van der Waals surface area contributed by atoms with Crippen LogP contribution in [0.2, 0.25) is 5.02 Å². The second kappa shape index (κ2) is 8.18. The third-order valence-electron chi connectivity index (χ3n) is 2.20. The van der Waals surface area contributed by atoms with Gasteiger partial charge in [0.2, 0.25) is 5.82 Å². The maximum Gasteiger partial charge on any atom is 0.202 e. The topological polar surface area (TPSA) is 95.6 Å². The van der Waals surface area contributed by atoms with Crippen LogP contribution in [0.1, 0.15) is 19.5 Å². The molecule has 0 amide bonds. The number of nitrogens with one attached hydrogen (secondary N) is 2. The average molecular weight is 316 g/mol. The van der Waals surface area contributed by atoms with E-state index in [0.29, 0.717) is 5.69 Å². The SMILES string of the molecule is CC.CNc1nonc1C(=Nc1ccc(F)c(Cl)c1)NO. The molecule has 7 nitrogen and oxygen atoms in total. The van der Waals surface area contributed by atoms with E-state index < -0.39 is 5.82 Å². The van der Waals surface area contributed by atoms with Gasteiger partial charge in [0, 0.05) is 7.05 Å². The first-order valence-electron chi connectivity index (χ1n) is 6.10. The van der Waals surface area contributed by atoms with Crippen LogP contribution in [0.25, 0.3) is 0 Å². The summed E-state index contributed by atoms with van der Waals surface area (Å²) < 4.78 is 17.5. The minimum Gasteiger partial charge on any atom is -0.368 e. The van der Waals surface area contributed by atoms with Crippen molar-refractivity contribution >= 4 is 28.9 Å². The highest BCUT2D eigenvalue weighted by atomic mass is 35.5. The Balaban J connectivity index is 0.00000106. The van der Waals surface area contributed by atoms with E-state index in [0.717, 1.165) is 6.07 Å². The number of nitrogens with zero attached hydrogens (tertiary/aromatic N) is 3. The largest absolute Gasteiger partial charge is 0.368 e. The van der Waals surface area contributed by atoms with Gasteiger partial charge in [0.05, 0.1) is 10.7 Å². The van der Waals surface area contributed by atoms with Crippen molar-refractivity contribution in [2.45, 2.75) is 13.8 Å². The van der Waals surface area contributed by atoms with Crippen LogP contribution in [0.15, 0.2) is 27.8 Å². The van der Waals surface area contributed by atoms with Crippen LogP contribution < -0.4 is 10.8 Å². The first-order valence-corrected chi connectivity index (χ1v) is 6.48. The summed E-state index contributed by atoms with van der Waals surface area (Å²) in [7, 11) is 1.60. The lowest BCUT2D eigenvalue weighted by atomic mass is 10.3. The summed E-state index contributed by atoms with van der Waals surface area (Å²) in [6, 6.07) is 3.86. The molecule has 0 spiro atoms. The van der Waals surface area contributed by atoms with E-state index in [9.17, 15) is 4.39 Å². The molecule has 0 saturated carbocycles. The Hall–Kier alpha value is -2.19. The third-order valence-corrected chi connectivity index (χ3v) is 2.49. The summed E-state index contributed by atoms with van der Waals surface area (Å²) in [6.45, 7) is 4.00. The average Bonchev–Trinajstić information content (AvgIpc) is 2.98. The summed E-state index contributed by atoms with van der Waals surface area (Å²) in [5.41, 5.74) is 2.37. The highest BCUT2D eigenvalue weighted by Crippen LogP contribution is 2.22. The van der Waals surface area contributed by atoms with Gasteiger partial charge in [-0.25, -0.2) is 14.0 Å². The van der Waals surface area contributed by atoms with Crippen LogP contribution in [-0.2, 0) is 0 Å². The molecule has 0 fully saturated rings. The number of hydrogen-bond donors (Lipinski definition) is 3. The summed E-state index contributed by atoms with van der Waals surface area (Å²) >= 11 is 5.64. The molecule has 0 bridgehead atoms. The number of anilines is 1. The van der Waals surface area contributed by atoms with Gasteiger partial charge in [0.25, 0.3) is 0 Å². The Labute approximate surface area is 125 Å². The van der Waals surface area contributed by atoms with Crippen molar-refractivity contribution in [1.29, 1.82) is 0 Å². The molecule has 1 heterocycles. The summed E-state index contributed by atoms with van der Waals surface area (Å²) in [6.07, 6.45) is 0. The normalized spacial score (nSPS) is 10.7. The Morgan fingerprint density at radius 3 is 2.67 bits per heavy atom. The van der Waals surface area contributed by atoms with Crippen molar-refractivity contribution in [3.05, 3.63) is 34.7 Å². The fourth-order valence-corrected chi connectivity index (χ4v) is 1.50. The summed E-state index contributed by atoms with van der Waals surface area (Å²) in [4.78, 5) is 4.03. The van der Waals surface area contributed by atoms with E-state index in [-0.39, 0.29) is 22.4 Å². The molecule has 1 aromatic heterocycles. The van der Waals surface area contributed by atoms with Crippen molar-refractivity contribution in [2.24, 2.45) is 4.99 Å². The van der Waals surface area contributed by atoms with Crippen molar-refractivity contribution in [3.8, 4) is 0 Å². The zero-order valence-corrected chi connectivity index (χ0v) is 12.4. The Morgan fingerprint density at radius 2 is 2.10 bits per heavy atom. The van der Waals surface area contributed by atoms with Crippen LogP contribution >= 0.6 is 11.6 Å². The fraction of sp³-hybridized carbons (Fsp3) is 0.250. The summed E-state index contributed by atoms with van der Waals surface area (Å²) in [5, 5.41) is 18.9. The molecule has 0 aliphatic carbocycles. The maximum absolute atomic E-state index is 13.0. The molecule has 0 saturated heterocycles. The number of hydroxylamine groups is 1. The summed E-state index contributed by atoms with van der Waals surface area (Å²) in [5.74, 6) is -0.292. The van der Waals surface area contributed by atoms with Gasteiger partial charge < -0.3 is 5.32 Å². The number of benzene rings is 1. The Kier molecular flexibility index (Phi) is 6.57. The lowest BCUT2D eigenvalue weighted by Gasteiger charge is -2.03. The lowest BCUT2D eigenvalue weighted by molar-refractivity contribution is 0.234. The van der Waals surface area contributed by atoms with E-state index in [1.165, 1.54) is 12.1 Å². The fourth-order valence-electron chi connectivity index (χ4n) is 1.32. The molecule has 0 radical (unpaired) electrons. The minimum atomic E-state index is -0.557. The molecule has 1 aromatic carbocycles. The highest BCUT2D eigenvalue weighted by molar-refractivity contribution is 6.31. The van der Waals surface area contributed by atoms with Gasteiger partial charge in [-0.1, -0.05) is 25.4 Å². The van der Waals surface area contributed by atoms with Gasteiger partial charge in [-0.05, 0) is 28.5 Å². The smallest absolute Gasteiger partial charge is 0.202 e. The van der Waals surface area contributed by atoms with E-state index in [4.69, 9.17) is 16.8 Å². The Morgan fingerprint density at radius 1 is 1.38 bits per heavy atom. The third kappa shape index (κ3) is 4.14. The number of aliphatic imine (C=N–C) groups is 1. The molecule has 0 atom stereocenters. The number of hydrogen-bond acceptors (Lipinski definition) is 6. The van der Waals surface area contributed by atoms with Crippen LogP contribution in [-0.4, -0.2) is 28.4 Å². The van der Waals surface area contributed by atoms with Gasteiger partial charge in [-0.15, -0.1) is 0 Å². The van der Waals surface area contributed by atoms with Crippen LogP contribution in [0.4, 0.5) is 15.9 Å². The molecule has 0 unspecified atom stereocenters. The molecule has 0 aliphatic rings. The molecule has 9 heteroatoms. The molecule has 114 valence electrons. The van der Waals surface area contributed by atoms with Gasteiger partial charge in [-0.2, -0.15) is 0 Å². The molecule has 3 N–H and O–H groups in total. The van der Waals surface area contributed by atoms with Gasteiger partial charge >= 0.3 is 0 Å². The number of amidine groups is 1. The van der Waals surface area contributed by atoms with Crippen LogP contribution in [0.3, 0.4) is 0 Å². The van der Waals surface area contributed by atoms with Crippen molar-refractivity contribution in [2.75, 3.05) is 12.4 Å². The van der Waals surface area contributed by atoms with Gasteiger partial charge in [-0.3, -0.25) is 10.7 Å². The minimum absolute atomic E-state index is 0.0201. The molecule has 0 aliphatic heterocycles. The molecular weight excluding hydrogens is 301 g/mol. The van der Waals surface area contributed by atoms with E-state index >= 15 is 0 Å². The molecule has 2 aromatic rings. The van der Waals surface area contributed by atoms with E-state index in [2.05, 4.69) is 25.3 Å². The molecule has 21 heavy (non-hydrogen) atoms. The predicted octanol–water partition coefficient (Wildman–Crippen LogP) is 2.99. The molecule has 2 rings (SSSR count). The van der Waals surface area contributed by atoms with Crippen LogP contribution in [0, 0.1) is 5.82 Å². The van der Waals surface area contributed by atoms with E-state index in [1.54, 1.807) is 7.05 Å². The number of halogens is 2. The van der Waals surface area contributed by atoms with Crippen molar-refractivity contribution < 1.29 is 14.2 Å². The van der Waals surface area contributed by atoms with Crippen LogP contribution in [0.5, 0.6) is 0 Å². The standard InChI is InChI=1S/C10H9ClFN5O2.C2H6/c1-13-9-8(16-19-17-9)10(15-18)14-5-2-3-7(12)6(11)4-5;1-2/h2-4,18H,1H3,(H,13,17)(H,14,15);1-2H3. The number of aromatic nitrogens is 2. The zero-order valence-electron chi connectivity index (χ0n) is 11.7.